The molecule has 48 heteroatoms. The van der Waals surface area contributed by atoms with E-state index in [4.69, 9.17) is 81.2 Å². The van der Waals surface area contributed by atoms with Crippen LogP contribution in [0.2, 0.25) is 35.3 Å². The zero-order valence-corrected chi connectivity index (χ0v) is 78.1. The molecule has 12 heterocycles. The van der Waals surface area contributed by atoms with Crippen LogP contribution in [-0.4, -0.2) is 117 Å². The summed E-state index contributed by atoms with van der Waals surface area (Å²) in [6.07, 6.45) is -0.0305. The van der Waals surface area contributed by atoms with E-state index in [1.807, 2.05) is 20.8 Å². The van der Waals surface area contributed by atoms with Gasteiger partial charge < -0.3 is 19.9 Å². The van der Waals surface area contributed by atoms with Crippen molar-refractivity contribution in [2.75, 3.05) is 18.9 Å². The zero-order valence-electron chi connectivity index (χ0n) is 69.5. The number of aromatic amines is 4. The number of carbonyl (C=O) groups excluding carboxylic acids is 4. The first-order valence-electron chi connectivity index (χ1n) is 38.6. The number of halogens is 16. The highest BCUT2D eigenvalue weighted by molar-refractivity contribution is 7.93. The fraction of sp³-hybridized carbons (Fsp3) is 0.126. The number of H-pyrrole nitrogens is 4. The van der Waals surface area contributed by atoms with Gasteiger partial charge in [0, 0.05) is 111 Å². The van der Waals surface area contributed by atoms with Crippen molar-refractivity contribution in [3.05, 3.63) is 327 Å². The van der Waals surface area contributed by atoms with E-state index in [0.717, 1.165) is 48.7 Å². The number of hydrogen-bond donors (Lipinski definition) is 8. The van der Waals surface area contributed by atoms with E-state index in [9.17, 15) is 92.4 Å². The molecule has 12 aromatic heterocycles. The Hall–Kier alpha value is -12.7. The number of pyridine rings is 8. The van der Waals surface area contributed by atoms with Gasteiger partial charge in [-0.2, -0.15) is 39.5 Å². The highest BCUT2D eigenvalue weighted by Gasteiger charge is 2.39. The van der Waals surface area contributed by atoms with Crippen molar-refractivity contribution in [1.82, 2.24) is 59.8 Å². The van der Waals surface area contributed by atoms with Gasteiger partial charge in [0.2, 0.25) is 23.1 Å². The molecule has 16 aromatic rings. The van der Waals surface area contributed by atoms with E-state index < -0.39 is 118 Å². The number of nitrogens with one attached hydrogen (secondary N) is 8. The van der Waals surface area contributed by atoms with Crippen molar-refractivity contribution in [3.8, 4) is 0 Å². The van der Waals surface area contributed by atoms with Crippen LogP contribution in [0.15, 0.2) is 227 Å². The Kier molecular flexibility index (Phi) is 28.8. The second-order valence-electron chi connectivity index (χ2n) is 30.0. The SMILES string of the molecule is CC(C)(C)c1cc(S(=O)(=O)Nc2cc(Cl)cnc2C(=O)c2ccnc3[nH]ccc23)ccc1Cl.CCc1ccc(S(=O)(=O)Nc2cc(Cl)cnc2C(=O)c2ccnc3[nH]ccc23)cc1C(F)(F)F.Cc1ccc(S(=O)(=O)Nc2cc(Cl)cnc2C(=O)c2cc(Cl)nc3[nH]ccc23)cc1C(F)(F)F.Cc1nc(C(=O)c2ccnc3[nH]ccc23)c(NS(=O)(=O)c2ccc(Cl)c(C(F)(F)F)c2)cc1Cl. The highest BCUT2D eigenvalue weighted by Crippen LogP contribution is 2.42. The lowest BCUT2D eigenvalue weighted by Gasteiger charge is -2.21. The maximum atomic E-state index is 13.4. The van der Waals surface area contributed by atoms with Crippen molar-refractivity contribution >= 4 is 211 Å². The van der Waals surface area contributed by atoms with E-state index in [1.54, 1.807) is 61.2 Å². The van der Waals surface area contributed by atoms with Gasteiger partial charge in [-0.1, -0.05) is 121 Å². The van der Waals surface area contributed by atoms with Gasteiger partial charge in [-0.05, 0) is 176 Å². The molecule has 0 aliphatic rings. The van der Waals surface area contributed by atoms with Gasteiger partial charge in [-0.3, -0.25) is 38.1 Å². The van der Waals surface area contributed by atoms with Crippen molar-refractivity contribution in [2.24, 2.45) is 0 Å². The lowest BCUT2D eigenvalue weighted by Crippen LogP contribution is -2.19. The maximum absolute atomic E-state index is 13.4. The number of rotatable bonds is 21. The summed E-state index contributed by atoms with van der Waals surface area (Å²) in [4.78, 5) is 95.4. The predicted octanol–water partition coefficient (Wildman–Crippen LogP) is 22.1. The minimum absolute atomic E-state index is 0.00584. The van der Waals surface area contributed by atoms with Gasteiger partial charge >= 0.3 is 18.5 Å². The molecule has 698 valence electrons. The third kappa shape index (κ3) is 22.3. The number of aryl methyl sites for hydroxylation is 3. The third-order valence-corrected chi connectivity index (χ3v) is 27.2. The molecular formula is C87H62Cl7F9N16O12S4. The van der Waals surface area contributed by atoms with Crippen LogP contribution in [0.25, 0.3) is 44.1 Å². The number of fused-ring (bicyclic) bond motifs is 4. The number of hydrogen-bond acceptors (Lipinski definition) is 20. The fourth-order valence-electron chi connectivity index (χ4n) is 13.4. The lowest BCUT2D eigenvalue weighted by atomic mass is 9.87. The van der Waals surface area contributed by atoms with Crippen LogP contribution in [0.3, 0.4) is 0 Å². The van der Waals surface area contributed by atoms with Crippen LogP contribution in [0.1, 0.15) is 131 Å². The van der Waals surface area contributed by atoms with Crippen molar-refractivity contribution in [3.63, 3.8) is 0 Å². The second-order valence-corrected chi connectivity index (χ2v) is 39.7. The number of benzene rings is 4. The minimum atomic E-state index is -4.87. The van der Waals surface area contributed by atoms with Crippen LogP contribution in [0, 0.1) is 13.8 Å². The van der Waals surface area contributed by atoms with Gasteiger partial charge in [-0.15, -0.1) is 0 Å². The van der Waals surface area contributed by atoms with Crippen LogP contribution in [0.5, 0.6) is 0 Å². The molecule has 0 aliphatic heterocycles. The summed E-state index contributed by atoms with van der Waals surface area (Å²) in [5.74, 6) is -2.44. The first kappa shape index (κ1) is 99.8. The molecule has 0 bridgehead atoms. The van der Waals surface area contributed by atoms with Gasteiger partial charge in [0.15, 0.2) is 0 Å². The summed E-state index contributed by atoms with van der Waals surface area (Å²) >= 11 is 42.0. The van der Waals surface area contributed by atoms with E-state index in [0.29, 0.717) is 78.5 Å². The highest BCUT2D eigenvalue weighted by atomic mass is 35.5. The molecule has 0 unspecified atom stereocenters. The molecule has 135 heavy (non-hydrogen) atoms. The van der Waals surface area contributed by atoms with E-state index in [-0.39, 0.29) is 121 Å². The molecule has 0 radical (unpaired) electrons. The number of anilines is 4. The van der Waals surface area contributed by atoms with Gasteiger partial charge in [0.1, 0.15) is 50.5 Å². The van der Waals surface area contributed by atoms with E-state index >= 15 is 0 Å². The molecule has 8 N–H and O–H groups in total. The molecule has 0 atom stereocenters. The topological polar surface area (TPSA) is 419 Å². The smallest absolute Gasteiger partial charge is 0.346 e. The number of carbonyl (C=O) groups is 4. The average Bonchev–Trinajstić information content (AvgIpc) is 1.77. The molecule has 4 aromatic carbocycles. The van der Waals surface area contributed by atoms with E-state index in [1.165, 1.54) is 100 Å². The van der Waals surface area contributed by atoms with Gasteiger partial charge in [-0.25, -0.2) is 73.5 Å². The standard InChI is InChI=1S/C23H20Cl2N4O3S.C22H16ClF3N4O3S.2C21H13Cl2F3N4O3S/c1-23(2,3)17-11-14(4-5-18(17)25)33(31,32)29-19-10-13(24)12-28-20(19)21(30)15-6-8-26-22-16(15)7-9-27-22;1-2-12-3-4-14(10-17(12)22(24,25)26)34(32,33)30-18-9-13(23)11-29-19(18)20(31)15-5-7-27-21-16(15)6-8-28-21;1-10-16(23)9-17(18(29-10)19(31)12-4-6-27-20-13(12)5-7-28-20)30-34(32,33)11-2-3-15(22)14(8-11)21(24,25)26;1-10-2-3-12(7-15(10)21(24,25)26)34(32,33)30-16-6-11(22)9-28-18(16)19(31)14-8-17(23)29-20-13(14)4-5-27-20/h4-12,29H,1-3H3,(H,26,27);3-11,30H,2H2,1H3,(H,27,28);2-9,30H,1H3,(H,27,28);2-9,30H,1H3,(H,27,29). The molecule has 0 spiro atoms. The molecule has 0 amide bonds. The van der Waals surface area contributed by atoms with Gasteiger partial charge in [0.05, 0.1) is 89.8 Å². The quantitative estimate of drug-likeness (QED) is 0.0188. The number of ketones is 4. The number of alkyl halides is 9. The summed E-state index contributed by atoms with van der Waals surface area (Å²) < 4.78 is 233. The Morgan fingerprint density at radius 3 is 1.06 bits per heavy atom. The normalized spacial score (nSPS) is 12.2. The molecule has 28 nitrogen and oxygen atoms in total. The molecule has 0 saturated carbocycles. The monoisotopic (exact) mass is 2070 g/mol. The summed E-state index contributed by atoms with van der Waals surface area (Å²) in [5, 5.41) is 2.03. The Bertz CT molecular complexity index is 7950. The Balaban J connectivity index is 0.000000152. The Labute approximate surface area is 794 Å². The molecule has 16 rings (SSSR count). The second kappa shape index (κ2) is 39.0. The number of aromatic nitrogens is 12. The summed E-state index contributed by atoms with van der Waals surface area (Å²) in [6.45, 7) is 10.1. The summed E-state index contributed by atoms with van der Waals surface area (Å²) in [5.41, 5.74) is -2.45. The third-order valence-electron chi connectivity index (χ3n) is 19.9. The van der Waals surface area contributed by atoms with Crippen molar-refractivity contribution in [2.45, 2.75) is 91.5 Å². The minimum Gasteiger partial charge on any atom is -0.346 e. The fourth-order valence-corrected chi connectivity index (χ4v) is 19.2. The summed E-state index contributed by atoms with van der Waals surface area (Å²) in [7, 11) is -17.7. The van der Waals surface area contributed by atoms with E-state index in [2.05, 4.69) is 78.7 Å². The number of sulfonamides is 4. The Morgan fingerprint density at radius 2 is 0.674 bits per heavy atom. The van der Waals surface area contributed by atoms with Crippen LogP contribution < -0.4 is 18.9 Å². The summed E-state index contributed by atoms with van der Waals surface area (Å²) in [6, 6.07) is 29.1. The molecule has 0 fully saturated rings. The largest absolute Gasteiger partial charge is 0.417 e. The zero-order chi connectivity index (χ0) is 98.3. The first-order valence-corrected chi connectivity index (χ1v) is 47.2. The van der Waals surface area contributed by atoms with Crippen molar-refractivity contribution < 1.29 is 92.4 Å². The molecule has 0 saturated heterocycles. The maximum Gasteiger partial charge on any atom is 0.417 e. The first-order chi connectivity index (χ1) is 63.2. The predicted molar refractivity (Wildman–Crippen MR) is 492 cm³/mol. The van der Waals surface area contributed by atoms with Gasteiger partial charge in [0.25, 0.3) is 40.1 Å². The lowest BCUT2D eigenvalue weighted by molar-refractivity contribution is -0.139. The molecule has 0 aliphatic carbocycles. The Morgan fingerprint density at radius 1 is 0.348 bits per heavy atom. The van der Waals surface area contributed by atoms with Crippen LogP contribution >= 0.6 is 81.2 Å². The van der Waals surface area contributed by atoms with Crippen LogP contribution in [0.4, 0.5) is 62.3 Å². The van der Waals surface area contributed by atoms with Crippen molar-refractivity contribution in [1.29, 1.82) is 0 Å². The van der Waals surface area contributed by atoms with Crippen LogP contribution in [-0.2, 0) is 70.5 Å². The molecular weight excluding hydrogens is 2010 g/mol. The average molecular weight is 2070 g/mol. The number of nitrogens with zero attached hydrogens (tertiary/aromatic N) is 8.